The number of rotatable bonds is 4. The molecule has 100 valence electrons. The minimum Gasteiger partial charge on any atom is -0.465 e. The Kier molecular flexibility index (Phi) is 4.55. The van der Waals surface area contributed by atoms with E-state index in [0.717, 1.165) is 4.31 Å². The highest BCUT2D eigenvalue weighted by atomic mass is 35.5. The summed E-state index contributed by atoms with van der Waals surface area (Å²) in [5.41, 5.74) is -0.0598. The van der Waals surface area contributed by atoms with Crippen LogP contribution >= 0.6 is 11.6 Å². The Labute approximate surface area is 110 Å². The van der Waals surface area contributed by atoms with Gasteiger partial charge in [-0.15, -0.1) is 0 Å². The van der Waals surface area contributed by atoms with Gasteiger partial charge in [0, 0.05) is 19.1 Å². The van der Waals surface area contributed by atoms with Crippen molar-refractivity contribution in [2.45, 2.75) is 0 Å². The average molecular weight is 294 g/mol. The number of hydrogen-bond donors (Lipinski definition) is 0. The molecule has 0 aliphatic carbocycles. The third kappa shape index (κ3) is 3.34. The summed E-state index contributed by atoms with van der Waals surface area (Å²) in [6.45, 7) is 0. The summed E-state index contributed by atoms with van der Waals surface area (Å²) in [4.78, 5) is 11.5. The van der Waals surface area contributed by atoms with Gasteiger partial charge < -0.3 is 8.92 Å². The summed E-state index contributed by atoms with van der Waals surface area (Å²) in [6.07, 6.45) is 0. The third-order valence-electron chi connectivity index (χ3n) is 1.99. The fraction of sp³-hybridized carbons (Fsp3) is 0.300. The molecule has 8 heteroatoms. The van der Waals surface area contributed by atoms with Crippen LogP contribution in [0, 0.1) is 0 Å². The Hall–Kier alpha value is -1.31. The van der Waals surface area contributed by atoms with Crippen LogP contribution in [0.1, 0.15) is 10.4 Å². The Bertz CT molecular complexity index is 555. The Morgan fingerprint density at radius 2 is 1.94 bits per heavy atom. The quantitative estimate of drug-likeness (QED) is 0.783. The molecule has 0 aromatic heterocycles. The lowest BCUT2D eigenvalue weighted by molar-refractivity contribution is 0.0599. The molecule has 0 heterocycles. The van der Waals surface area contributed by atoms with Crippen LogP contribution in [0.2, 0.25) is 5.02 Å². The van der Waals surface area contributed by atoms with Gasteiger partial charge in [0.05, 0.1) is 7.11 Å². The number of benzene rings is 1. The van der Waals surface area contributed by atoms with E-state index in [0.29, 0.717) is 0 Å². The summed E-state index contributed by atoms with van der Waals surface area (Å²) >= 11 is 5.73. The van der Waals surface area contributed by atoms with Crippen LogP contribution in [0.5, 0.6) is 5.75 Å². The van der Waals surface area contributed by atoms with Crippen molar-refractivity contribution in [3.8, 4) is 5.75 Å². The third-order valence-corrected chi connectivity index (χ3v) is 3.51. The number of esters is 1. The minimum absolute atomic E-state index is 0.0598. The lowest BCUT2D eigenvalue weighted by Crippen LogP contribution is -2.27. The number of hydrogen-bond acceptors (Lipinski definition) is 5. The Morgan fingerprint density at radius 3 is 2.44 bits per heavy atom. The molecular weight excluding hydrogens is 282 g/mol. The first-order valence-corrected chi connectivity index (χ1v) is 6.52. The van der Waals surface area contributed by atoms with E-state index in [-0.39, 0.29) is 16.3 Å². The second kappa shape index (κ2) is 5.55. The van der Waals surface area contributed by atoms with Crippen LogP contribution in [0.4, 0.5) is 0 Å². The van der Waals surface area contributed by atoms with Crippen molar-refractivity contribution < 1.29 is 22.1 Å². The van der Waals surface area contributed by atoms with Crippen LogP contribution in [0.25, 0.3) is 0 Å². The molecule has 1 rings (SSSR count). The van der Waals surface area contributed by atoms with Gasteiger partial charge in [0.15, 0.2) is 5.75 Å². The normalized spacial score (nSPS) is 11.4. The van der Waals surface area contributed by atoms with Crippen molar-refractivity contribution in [1.82, 2.24) is 4.31 Å². The maximum atomic E-state index is 11.6. The van der Waals surface area contributed by atoms with E-state index < -0.39 is 16.3 Å². The molecule has 0 saturated carbocycles. The van der Waals surface area contributed by atoms with Gasteiger partial charge in [-0.1, -0.05) is 11.6 Å². The van der Waals surface area contributed by atoms with Crippen LogP contribution in [-0.2, 0) is 15.0 Å². The van der Waals surface area contributed by atoms with Crippen molar-refractivity contribution in [1.29, 1.82) is 0 Å². The lowest BCUT2D eigenvalue weighted by atomic mass is 10.2. The van der Waals surface area contributed by atoms with E-state index >= 15 is 0 Å². The number of halogens is 1. The van der Waals surface area contributed by atoms with Gasteiger partial charge >= 0.3 is 16.3 Å². The molecule has 0 fully saturated rings. The molecular formula is C10H12ClNO5S. The summed E-state index contributed by atoms with van der Waals surface area (Å²) < 4.78 is 33.3. The molecule has 0 aliphatic heterocycles. The van der Waals surface area contributed by atoms with Crippen molar-refractivity contribution in [2.75, 3.05) is 21.2 Å². The smallest absolute Gasteiger partial charge is 0.384 e. The van der Waals surface area contributed by atoms with Crippen molar-refractivity contribution in [2.24, 2.45) is 0 Å². The molecule has 1 aromatic carbocycles. The van der Waals surface area contributed by atoms with Crippen molar-refractivity contribution in [3.05, 3.63) is 28.8 Å². The molecule has 0 bridgehead atoms. The molecule has 0 aliphatic rings. The van der Waals surface area contributed by atoms with Gasteiger partial charge in [-0.2, -0.15) is 12.7 Å². The van der Waals surface area contributed by atoms with Gasteiger partial charge in [-0.05, 0) is 18.2 Å². The van der Waals surface area contributed by atoms with E-state index in [1.807, 2.05) is 0 Å². The molecule has 0 unspecified atom stereocenters. The van der Waals surface area contributed by atoms with Crippen LogP contribution in [0.3, 0.4) is 0 Å². The van der Waals surface area contributed by atoms with Gasteiger partial charge in [0.1, 0.15) is 5.56 Å². The first-order valence-electron chi connectivity index (χ1n) is 4.77. The zero-order valence-corrected chi connectivity index (χ0v) is 11.6. The van der Waals surface area contributed by atoms with Gasteiger partial charge in [0.25, 0.3) is 0 Å². The van der Waals surface area contributed by atoms with Crippen LogP contribution in [-0.4, -0.2) is 39.9 Å². The lowest BCUT2D eigenvalue weighted by Gasteiger charge is -2.14. The largest absolute Gasteiger partial charge is 0.465 e. The molecule has 0 radical (unpaired) electrons. The topological polar surface area (TPSA) is 72.9 Å². The number of ether oxygens (including phenoxy) is 1. The Balaban J connectivity index is 3.21. The van der Waals surface area contributed by atoms with Gasteiger partial charge in [-0.25, -0.2) is 4.79 Å². The fourth-order valence-corrected chi connectivity index (χ4v) is 1.73. The fourth-order valence-electron chi connectivity index (χ4n) is 1.03. The second-order valence-electron chi connectivity index (χ2n) is 3.46. The first kappa shape index (κ1) is 14.7. The number of nitrogens with zero attached hydrogens (tertiary/aromatic N) is 1. The number of carbonyl (C=O) groups is 1. The van der Waals surface area contributed by atoms with E-state index in [9.17, 15) is 13.2 Å². The SMILES string of the molecule is COC(=O)c1cc(Cl)ccc1OS(=O)(=O)N(C)C. The summed E-state index contributed by atoms with van der Waals surface area (Å²) in [5, 5.41) is 0.269. The second-order valence-corrected chi connectivity index (χ2v) is 5.64. The first-order chi connectivity index (χ1) is 8.27. The highest BCUT2D eigenvalue weighted by Crippen LogP contribution is 2.25. The number of carbonyl (C=O) groups excluding carboxylic acids is 1. The van der Waals surface area contributed by atoms with E-state index in [2.05, 4.69) is 4.74 Å². The summed E-state index contributed by atoms with van der Waals surface area (Å²) in [6, 6.07) is 3.97. The molecule has 0 spiro atoms. The average Bonchev–Trinajstić information content (AvgIpc) is 2.30. The zero-order valence-electron chi connectivity index (χ0n) is 10.0. The van der Waals surface area contributed by atoms with E-state index in [1.54, 1.807) is 0 Å². The van der Waals surface area contributed by atoms with Crippen molar-refractivity contribution >= 4 is 27.9 Å². The summed E-state index contributed by atoms with van der Waals surface area (Å²) in [7, 11) is -0.155. The van der Waals surface area contributed by atoms with E-state index in [1.165, 1.54) is 39.4 Å². The van der Waals surface area contributed by atoms with Gasteiger partial charge in [-0.3, -0.25) is 0 Å². The molecule has 6 nitrogen and oxygen atoms in total. The van der Waals surface area contributed by atoms with E-state index in [4.69, 9.17) is 15.8 Å². The predicted octanol–water partition coefficient (Wildman–Crippen LogP) is 1.31. The standard InChI is InChI=1S/C10H12ClNO5S/c1-12(2)18(14,15)17-9-5-4-7(11)6-8(9)10(13)16-3/h4-6H,1-3H3. The molecule has 18 heavy (non-hydrogen) atoms. The molecule has 0 atom stereocenters. The van der Waals surface area contributed by atoms with Crippen LogP contribution in [0.15, 0.2) is 18.2 Å². The molecule has 0 amide bonds. The monoisotopic (exact) mass is 293 g/mol. The van der Waals surface area contributed by atoms with Gasteiger partial charge in [0.2, 0.25) is 0 Å². The van der Waals surface area contributed by atoms with Crippen molar-refractivity contribution in [3.63, 3.8) is 0 Å². The highest BCUT2D eigenvalue weighted by Gasteiger charge is 2.21. The highest BCUT2D eigenvalue weighted by molar-refractivity contribution is 7.84. The Morgan fingerprint density at radius 1 is 1.33 bits per heavy atom. The predicted molar refractivity (Wildman–Crippen MR) is 66.0 cm³/mol. The molecule has 0 saturated heterocycles. The molecule has 1 aromatic rings. The summed E-state index contributed by atoms with van der Waals surface area (Å²) in [5.74, 6) is -0.874. The maximum Gasteiger partial charge on any atom is 0.384 e. The zero-order chi connectivity index (χ0) is 13.9. The maximum absolute atomic E-state index is 11.6. The number of methoxy groups -OCH3 is 1. The molecule has 0 N–H and O–H groups in total. The minimum atomic E-state index is -3.95. The van der Waals surface area contributed by atoms with Crippen LogP contribution < -0.4 is 4.18 Å².